The van der Waals surface area contributed by atoms with Crippen molar-refractivity contribution < 1.29 is 0 Å². The molecule has 0 amide bonds. The topological polar surface area (TPSA) is 0 Å². The Morgan fingerprint density at radius 1 is 1.31 bits per heavy atom. The third-order valence-corrected chi connectivity index (χ3v) is 2.65. The van der Waals surface area contributed by atoms with Gasteiger partial charge in [-0.2, -0.15) is 0 Å². The predicted molar refractivity (Wildman–Crippen MR) is 59.3 cm³/mol. The molecule has 0 aromatic heterocycles. The molecule has 0 aliphatic heterocycles. The molecule has 0 heterocycles. The molecule has 13 heavy (non-hydrogen) atoms. The minimum atomic E-state index is 0.764. The van der Waals surface area contributed by atoms with Gasteiger partial charge in [0.05, 0.1) is 0 Å². The second-order valence-corrected chi connectivity index (χ2v) is 4.42. The normalized spacial score (nSPS) is 10.8. The zero-order valence-electron chi connectivity index (χ0n) is 8.60. The lowest BCUT2D eigenvalue weighted by Crippen LogP contribution is -1.92. The maximum Gasteiger partial charge on any atom is 0.0437 e. The first-order chi connectivity index (χ1) is 6.09. The van der Waals surface area contributed by atoms with Crippen LogP contribution in [0.2, 0.25) is 5.02 Å². The van der Waals surface area contributed by atoms with Crippen molar-refractivity contribution in [2.45, 2.75) is 33.6 Å². The van der Waals surface area contributed by atoms with Crippen molar-refractivity contribution in [3.63, 3.8) is 0 Å². The van der Waals surface area contributed by atoms with Crippen molar-refractivity contribution in [3.8, 4) is 0 Å². The second-order valence-electron chi connectivity index (χ2n) is 4.02. The third-order valence-electron chi connectivity index (χ3n) is 2.25. The summed E-state index contributed by atoms with van der Waals surface area (Å²) in [6.07, 6.45) is 2.37. The van der Waals surface area contributed by atoms with Crippen molar-refractivity contribution in [2.75, 3.05) is 0 Å². The molecule has 0 aliphatic rings. The number of benzene rings is 1. The van der Waals surface area contributed by atoms with Crippen LogP contribution in [0.15, 0.2) is 18.2 Å². The molecular formula is C12H17Cl. The van der Waals surface area contributed by atoms with E-state index in [-0.39, 0.29) is 0 Å². The van der Waals surface area contributed by atoms with Gasteiger partial charge in [-0.05, 0) is 42.9 Å². The summed E-state index contributed by atoms with van der Waals surface area (Å²) in [5.74, 6) is 0.764. The summed E-state index contributed by atoms with van der Waals surface area (Å²) in [6, 6.07) is 6.35. The van der Waals surface area contributed by atoms with Crippen LogP contribution in [0.5, 0.6) is 0 Å². The molecule has 1 rings (SSSR count). The van der Waals surface area contributed by atoms with Crippen LogP contribution in [-0.2, 0) is 6.42 Å². The second kappa shape index (κ2) is 4.66. The first-order valence-electron chi connectivity index (χ1n) is 4.84. The molecule has 0 saturated heterocycles. The number of aryl methyl sites for hydroxylation is 2. The Morgan fingerprint density at radius 3 is 2.54 bits per heavy atom. The highest BCUT2D eigenvalue weighted by Gasteiger charge is 1.99. The van der Waals surface area contributed by atoms with Crippen LogP contribution >= 0.6 is 11.6 Å². The van der Waals surface area contributed by atoms with Crippen LogP contribution in [-0.4, -0.2) is 0 Å². The molecule has 0 N–H and O–H groups in total. The first-order valence-corrected chi connectivity index (χ1v) is 5.22. The summed E-state index contributed by atoms with van der Waals surface area (Å²) in [4.78, 5) is 0. The molecule has 0 atom stereocenters. The van der Waals surface area contributed by atoms with Crippen LogP contribution in [0, 0.1) is 12.8 Å². The fourth-order valence-electron chi connectivity index (χ4n) is 1.25. The average molecular weight is 197 g/mol. The average Bonchev–Trinajstić information content (AvgIpc) is 2.07. The van der Waals surface area contributed by atoms with E-state index in [9.17, 15) is 0 Å². The number of hydrogen-bond acceptors (Lipinski definition) is 0. The minimum absolute atomic E-state index is 0.764. The van der Waals surface area contributed by atoms with Gasteiger partial charge >= 0.3 is 0 Å². The molecule has 1 aromatic carbocycles. The van der Waals surface area contributed by atoms with Gasteiger partial charge in [-0.1, -0.05) is 37.6 Å². The van der Waals surface area contributed by atoms with E-state index in [0.29, 0.717) is 0 Å². The number of rotatable bonds is 3. The van der Waals surface area contributed by atoms with Gasteiger partial charge in [0.1, 0.15) is 0 Å². The van der Waals surface area contributed by atoms with Gasteiger partial charge < -0.3 is 0 Å². The summed E-state index contributed by atoms with van der Waals surface area (Å²) in [7, 11) is 0. The van der Waals surface area contributed by atoms with E-state index in [1.165, 1.54) is 12.0 Å². The Bertz CT molecular complexity index is 276. The lowest BCUT2D eigenvalue weighted by Gasteiger charge is -2.06. The van der Waals surface area contributed by atoms with Crippen molar-refractivity contribution in [1.29, 1.82) is 0 Å². The maximum atomic E-state index is 6.03. The molecule has 0 aliphatic carbocycles. The summed E-state index contributed by atoms with van der Waals surface area (Å²) in [5.41, 5.74) is 2.51. The molecule has 0 radical (unpaired) electrons. The van der Waals surface area contributed by atoms with Crippen molar-refractivity contribution >= 4 is 11.6 Å². The number of hydrogen-bond donors (Lipinski definition) is 0. The van der Waals surface area contributed by atoms with E-state index < -0.39 is 0 Å². The van der Waals surface area contributed by atoms with Crippen LogP contribution < -0.4 is 0 Å². The molecule has 0 bridgehead atoms. The highest BCUT2D eigenvalue weighted by molar-refractivity contribution is 6.31. The summed E-state index contributed by atoms with van der Waals surface area (Å²) >= 11 is 6.03. The lowest BCUT2D eigenvalue weighted by atomic mass is 10.0. The van der Waals surface area contributed by atoms with Crippen LogP contribution in [0.25, 0.3) is 0 Å². The molecule has 0 spiro atoms. The van der Waals surface area contributed by atoms with E-state index in [0.717, 1.165) is 22.9 Å². The van der Waals surface area contributed by atoms with E-state index in [4.69, 9.17) is 11.6 Å². The van der Waals surface area contributed by atoms with Crippen LogP contribution in [0.4, 0.5) is 0 Å². The predicted octanol–water partition coefficient (Wildman–Crippen LogP) is 4.24. The summed E-state index contributed by atoms with van der Waals surface area (Å²) in [6.45, 7) is 6.53. The van der Waals surface area contributed by atoms with E-state index in [1.807, 2.05) is 6.92 Å². The third kappa shape index (κ3) is 3.40. The first kappa shape index (κ1) is 10.6. The molecule has 72 valence electrons. The highest BCUT2D eigenvalue weighted by Crippen LogP contribution is 2.18. The Hall–Kier alpha value is -0.490. The smallest absolute Gasteiger partial charge is 0.0437 e. The molecular weight excluding hydrogens is 180 g/mol. The monoisotopic (exact) mass is 196 g/mol. The Labute approximate surface area is 85.9 Å². The van der Waals surface area contributed by atoms with Crippen molar-refractivity contribution in [1.82, 2.24) is 0 Å². The SMILES string of the molecule is Cc1ccc(CCC(C)C)cc1Cl. The molecule has 0 nitrogen and oxygen atoms in total. The Kier molecular flexibility index (Phi) is 3.80. The largest absolute Gasteiger partial charge is 0.0840 e. The minimum Gasteiger partial charge on any atom is -0.0840 e. The summed E-state index contributed by atoms with van der Waals surface area (Å²) < 4.78 is 0. The van der Waals surface area contributed by atoms with Gasteiger partial charge in [0.15, 0.2) is 0 Å². The standard InChI is InChI=1S/C12H17Cl/c1-9(2)4-6-11-7-5-10(3)12(13)8-11/h5,7-9H,4,6H2,1-3H3. The number of halogens is 1. The van der Waals surface area contributed by atoms with Gasteiger partial charge in [-0.25, -0.2) is 0 Å². The molecule has 0 saturated carbocycles. The molecule has 1 heteroatoms. The zero-order valence-corrected chi connectivity index (χ0v) is 9.36. The molecule has 1 aromatic rings. The Morgan fingerprint density at radius 2 is 2.00 bits per heavy atom. The fraction of sp³-hybridized carbons (Fsp3) is 0.500. The van der Waals surface area contributed by atoms with Crippen LogP contribution in [0.1, 0.15) is 31.4 Å². The molecule has 0 fully saturated rings. The highest BCUT2D eigenvalue weighted by atomic mass is 35.5. The maximum absolute atomic E-state index is 6.03. The van der Waals surface area contributed by atoms with Gasteiger partial charge in [-0.15, -0.1) is 0 Å². The van der Waals surface area contributed by atoms with Gasteiger partial charge in [0.2, 0.25) is 0 Å². The van der Waals surface area contributed by atoms with Crippen molar-refractivity contribution in [3.05, 3.63) is 34.3 Å². The van der Waals surface area contributed by atoms with Gasteiger partial charge in [-0.3, -0.25) is 0 Å². The van der Waals surface area contributed by atoms with Gasteiger partial charge in [0, 0.05) is 5.02 Å². The van der Waals surface area contributed by atoms with E-state index >= 15 is 0 Å². The van der Waals surface area contributed by atoms with Gasteiger partial charge in [0.25, 0.3) is 0 Å². The van der Waals surface area contributed by atoms with E-state index in [1.54, 1.807) is 0 Å². The summed E-state index contributed by atoms with van der Waals surface area (Å²) in [5, 5.41) is 0.890. The van der Waals surface area contributed by atoms with E-state index in [2.05, 4.69) is 32.0 Å². The zero-order chi connectivity index (χ0) is 9.84. The van der Waals surface area contributed by atoms with Crippen molar-refractivity contribution in [2.24, 2.45) is 5.92 Å². The Balaban J connectivity index is 2.63. The lowest BCUT2D eigenvalue weighted by molar-refractivity contribution is 0.586. The quantitative estimate of drug-likeness (QED) is 0.679. The fourth-order valence-corrected chi connectivity index (χ4v) is 1.45. The van der Waals surface area contributed by atoms with Crippen LogP contribution in [0.3, 0.4) is 0 Å². The molecule has 0 unspecified atom stereocenters.